The lowest BCUT2D eigenvalue weighted by Gasteiger charge is -2.31. The standard InChI is InChI=1S/C9H14O4S/c1-5-7-6-3-9(2,8(5)13-6)4-12-14(7,10)11/h5-8H,3-4H2,1-2H3. The predicted molar refractivity (Wildman–Crippen MR) is 49.2 cm³/mol. The van der Waals surface area contributed by atoms with Gasteiger partial charge in [-0.05, 0) is 6.42 Å². The third kappa shape index (κ3) is 0.882. The van der Waals surface area contributed by atoms with Crippen LogP contribution in [0.2, 0.25) is 0 Å². The highest BCUT2D eigenvalue weighted by molar-refractivity contribution is 7.87. The lowest BCUT2D eigenvalue weighted by Crippen LogP contribution is -2.41. The van der Waals surface area contributed by atoms with Gasteiger partial charge in [-0.1, -0.05) is 13.8 Å². The maximum absolute atomic E-state index is 11.7. The van der Waals surface area contributed by atoms with E-state index in [1.54, 1.807) is 0 Å². The van der Waals surface area contributed by atoms with E-state index in [9.17, 15) is 8.42 Å². The topological polar surface area (TPSA) is 52.6 Å². The van der Waals surface area contributed by atoms with Gasteiger partial charge in [-0.25, -0.2) is 0 Å². The molecule has 0 radical (unpaired) electrons. The zero-order chi connectivity index (χ0) is 10.1. The molecule has 0 aliphatic carbocycles. The van der Waals surface area contributed by atoms with Crippen molar-refractivity contribution in [1.29, 1.82) is 0 Å². The first-order chi connectivity index (χ1) is 6.44. The van der Waals surface area contributed by atoms with Crippen molar-refractivity contribution in [2.45, 2.75) is 37.7 Å². The number of ether oxygens (including phenoxy) is 1. The van der Waals surface area contributed by atoms with Crippen LogP contribution in [0.1, 0.15) is 20.3 Å². The lowest BCUT2D eigenvalue weighted by atomic mass is 9.71. The van der Waals surface area contributed by atoms with Crippen molar-refractivity contribution in [3.05, 3.63) is 0 Å². The molecule has 4 fully saturated rings. The van der Waals surface area contributed by atoms with E-state index < -0.39 is 15.4 Å². The molecule has 4 aliphatic heterocycles. The summed E-state index contributed by atoms with van der Waals surface area (Å²) in [5.41, 5.74) is -0.0931. The summed E-state index contributed by atoms with van der Waals surface area (Å²) in [5.74, 6) is 0.0752. The fourth-order valence-electron chi connectivity index (χ4n) is 3.32. The Kier molecular flexibility index (Phi) is 1.52. The number of fused-ring (bicyclic) bond motifs is 2. The van der Waals surface area contributed by atoms with Gasteiger partial charge in [0.1, 0.15) is 5.25 Å². The Balaban J connectivity index is 2.16. The van der Waals surface area contributed by atoms with Gasteiger partial charge < -0.3 is 4.74 Å². The Hall–Kier alpha value is -0.130. The van der Waals surface area contributed by atoms with Crippen LogP contribution >= 0.6 is 0 Å². The average molecular weight is 218 g/mol. The van der Waals surface area contributed by atoms with Crippen molar-refractivity contribution in [3.63, 3.8) is 0 Å². The third-order valence-electron chi connectivity index (χ3n) is 3.92. The van der Waals surface area contributed by atoms with Crippen LogP contribution in [-0.4, -0.2) is 32.5 Å². The van der Waals surface area contributed by atoms with E-state index in [-0.39, 0.29) is 30.1 Å². The predicted octanol–water partition coefficient (Wildman–Crippen LogP) is 0.528. The van der Waals surface area contributed by atoms with Crippen molar-refractivity contribution in [3.8, 4) is 0 Å². The van der Waals surface area contributed by atoms with Gasteiger partial charge >= 0.3 is 0 Å². The normalized spacial score (nSPS) is 59.0. The first-order valence-corrected chi connectivity index (χ1v) is 6.45. The Morgan fingerprint density at radius 3 is 2.79 bits per heavy atom. The maximum Gasteiger partial charge on any atom is 0.273 e. The Labute approximate surface area is 83.7 Å². The molecular weight excluding hydrogens is 204 g/mol. The molecule has 5 atom stereocenters. The highest BCUT2D eigenvalue weighted by Crippen LogP contribution is 2.55. The smallest absolute Gasteiger partial charge is 0.273 e. The second kappa shape index (κ2) is 2.33. The van der Waals surface area contributed by atoms with E-state index >= 15 is 0 Å². The van der Waals surface area contributed by atoms with Crippen molar-refractivity contribution in [2.75, 3.05) is 6.61 Å². The molecule has 0 amide bonds. The van der Waals surface area contributed by atoms with Gasteiger partial charge in [-0.15, -0.1) is 0 Å². The molecule has 0 saturated carbocycles. The van der Waals surface area contributed by atoms with Crippen LogP contribution in [0.25, 0.3) is 0 Å². The van der Waals surface area contributed by atoms with Crippen molar-refractivity contribution >= 4 is 10.1 Å². The largest absolute Gasteiger partial charge is 0.373 e. The fourth-order valence-corrected chi connectivity index (χ4v) is 5.12. The maximum atomic E-state index is 11.7. The molecule has 5 unspecified atom stereocenters. The summed E-state index contributed by atoms with van der Waals surface area (Å²) < 4.78 is 34.3. The van der Waals surface area contributed by atoms with Gasteiger partial charge in [0.25, 0.3) is 10.1 Å². The van der Waals surface area contributed by atoms with Crippen LogP contribution in [-0.2, 0) is 19.0 Å². The van der Waals surface area contributed by atoms with Crippen LogP contribution in [0, 0.1) is 11.3 Å². The number of rotatable bonds is 0. The zero-order valence-electron chi connectivity index (χ0n) is 8.26. The van der Waals surface area contributed by atoms with E-state index in [0.29, 0.717) is 0 Å². The molecule has 4 heterocycles. The molecule has 0 N–H and O–H groups in total. The highest BCUT2D eigenvalue weighted by Gasteiger charge is 2.65. The van der Waals surface area contributed by atoms with E-state index in [4.69, 9.17) is 8.92 Å². The van der Waals surface area contributed by atoms with Gasteiger partial charge in [-0.2, -0.15) is 8.42 Å². The van der Waals surface area contributed by atoms with Crippen LogP contribution in [0.15, 0.2) is 0 Å². The minimum absolute atomic E-state index is 0.0646. The van der Waals surface area contributed by atoms with Gasteiger partial charge in [-0.3, -0.25) is 4.18 Å². The molecule has 4 aliphatic rings. The first kappa shape index (κ1) is 9.12. The Bertz CT molecular complexity index is 374. The van der Waals surface area contributed by atoms with Crippen molar-refractivity contribution in [1.82, 2.24) is 0 Å². The average Bonchev–Trinajstić information content (AvgIpc) is 2.50. The molecule has 4 bridgehead atoms. The van der Waals surface area contributed by atoms with Gasteiger partial charge in [0.15, 0.2) is 0 Å². The van der Waals surface area contributed by atoms with Gasteiger partial charge in [0.05, 0.1) is 18.8 Å². The molecule has 0 aromatic heterocycles. The molecule has 0 spiro atoms. The minimum Gasteiger partial charge on any atom is -0.373 e. The van der Waals surface area contributed by atoms with Crippen molar-refractivity contribution < 1.29 is 17.3 Å². The molecule has 4 saturated heterocycles. The zero-order valence-corrected chi connectivity index (χ0v) is 9.08. The fraction of sp³-hybridized carbons (Fsp3) is 1.00. The Morgan fingerprint density at radius 1 is 1.43 bits per heavy atom. The lowest BCUT2D eigenvalue weighted by molar-refractivity contribution is 0.0269. The molecular formula is C9H14O4S. The van der Waals surface area contributed by atoms with Crippen molar-refractivity contribution in [2.24, 2.45) is 11.3 Å². The van der Waals surface area contributed by atoms with E-state index in [1.165, 1.54) is 0 Å². The molecule has 4 rings (SSSR count). The summed E-state index contributed by atoms with van der Waals surface area (Å²) in [5, 5.41) is -0.428. The molecule has 5 heteroatoms. The van der Waals surface area contributed by atoms with Crippen LogP contribution in [0.3, 0.4) is 0 Å². The molecule has 0 aromatic rings. The minimum atomic E-state index is -3.39. The summed E-state index contributed by atoms with van der Waals surface area (Å²) in [6.07, 6.45) is 0.758. The summed E-state index contributed by atoms with van der Waals surface area (Å²) in [7, 11) is -3.39. The summed E-state index contributed by atoms with van der Waals surface area (Å²) in [6, 6.07) is 0. The number of hydrogen-bond acceptors (Lipinski definition) is 4. The van der Waals surface area contributed by atoms with Crippen LogP contribution < -0.4 is 0 Å². The molecule has 4 nitrogen and oxygen atoms in total. The van der Waals surface area contributed by atoms with E-state index in [0.717, 1.165) is 6.42 Å². The summed E-state index contributed by atoms with van der Waals surface area (Å²) in [6.45, 7) is 4.31. The first-order valence-electron chi connectivity index (χ1n) is 4.98. The Morgan fingerprint density at radius 2 is 2.14 bits per heavy atom. The van der Waals surface area contributed by atoms with Gasteiger partial charge in [0.2, 0.25) is 0 Å². The van der Waals surface area contributed by atoms with E-state index in [1.807, 2.05) is 6.92 Å². The van der Waals surface area contributed by atoms with Gasteiger partial charge in [0, 0.05) is 11.3 Å². The molecule has 0 aromatic carbocycles. The quantitative estimate of drug-likeness (QED) is 0.556. The van der Waals surface area contributed by atoms with Crippen LogP contribution in [0.5, 0.6) is 0 Å². The highest BCUT2D eigenvalue weighted by atomic mass is 32.2. The second-order valence-corrected chi connectivity index (χ2v) is 6.80. The van der Waals surface area contributed by atoms with E-state index in [2.05, 4.69) is 6.92 Å². The SMILES string of the molecule is CC1C2OC3CC2(C)COS(=O)(=O)C31. The third-order valence-corrected chi connectivity index (χ3v) is 5.77. The molecule has 14 heavy (non-hydrogen) atoms. The molecule has 80 valence electrons. The summed E-state index contributed by atoms with van der Waals surface area (Å²) in [4.78, 5) is 0. The van der Waals surface area contributed by atoms with Crippen LogP contribution in [0.4, 0.5) is 0 Å². The number of hydrogen-bond donors (Lipinski definition) is 0. The monoisotopic (exact) mass is 218 g/mol. The summed E-state index contributed by atoms with van der Waals surface area (Å²) >= 11 is 0. The second-order valence-electron chi connectivity index (χ2n) is 5.03.